The first kappa shape index (κ1) is 12.3. The van der Waals surface area contributed by atoms with Crippen LogP contribution < -0.4 is 5.32 Å². The van der Waals surface area contributed by atoms with Gasteiger partial charge in [0.15, 0.2) is 0 Å². The highest BCUT2D eigenvalue weighted by Gasteiger charge is 2.15. The van der Waals surface area contributed by atoms with Crippen LogP contribution in [0.2, 0.25) is 0 Å². The molecular weight excluding hydrogens is 276 g/mol. The van der Waals surface area contributed by atoms with Gasteiger partial charge in [0.25, 0.3) is 0 Å². The zero-order valence-corrected chi connectivity index (χ0v) is 11.6. The number of nitrogens with one attached hydrogen (secondary N) is 1. The Morgan fingerprint density at radius 1 is 0.947 bits per heavy atom. The van der Waals surface area contributed by atoms with E-state index in [4.69, 9.17) is 11.6 Å². The summed E-state index contributed by atoms with van der Waals surface area (Å²) in [5.41, 5.74) is 3.19. The minimum absolute atomic E-state index is 0.658. The van der Waals surface area contributed by atoms with Gasteiger partial charge in [0.2, 0.25) is 0 Å². The van der Waals surface area contributed by atoms with E-state index >= 15 is 0 Å². The van der Waals surface area contributed by atoms with E-state index in [9.17, 15) is 0 Å². The molecule has 0 bridgehead atoms. The Balaban J connectivity index is 1.87. The molecule has 2 nitrogen and oxygen atoms in total. The lowest BCUT2D eigenvalue weighted by Crippen LogP contribution is -2.12. The summed E-state index contributed by atoms with van der Waals surface area (Å²) in [6.45, 7) is 0. The maximum Gasteiger partial charge on any atom is 0.121 e. The predicted molar refractivity (Wildman–Crippen MR) is 82.2 cm³/mol. The van der Waals surface area contributed by atoms with Gasteiger partial charge < -0.3 is 5.32 Å². The van der Waals surface area contributed by atoms with Crippen molar-refractivity contribution in [3.63, 3.8) is 0 Å². The monoisotopic (exact) mass is 286 g/mol. The first-order valence-corrected chi connectivity index (χ1v) is 7.10. The Morgan fingerprint density at radius 2 is 1.68 bits per heavy atom. The number of thioether (sulfide) groups is 1. The third-order valence-corrected chi connectivity index (χ3v) is 4.19. The molecule has 2 heterocycles. The van der Waals surface area contributed by atoms with Gasteiger partial charge in [0.05, 0.1) is 10.6 Å². The average Bonchev–Trinajstić information content (AvgIpc) is 2.49. The van der Waals surface area contributed by atoms with Gasteiger partial charge >= 0.3 is 0 Å². The summed E-state index contributed by atoms with van der Waals surface area (Å²) < 4.78 is 0. The molecule has 1 aromatic heterocycles. The fourth-order valence-corrected chi connectivity index (χ4v) is 3.03. The van der Waals surface area contributed by atoms with Gasteiger partial charge in [-0.05, 0) is 17.7 Å². The number of pyridine rings is 1. The fraction of sp³-hybridized carbons (Fsp3) is 0. The van der Waals surface area contributed by atoms with Gasteiger partial charge in [0, 0.05) is 23.4 Å². The van der Waals surface area contributed by atoms with E-state index in [0.29, 0.717) is 5.16 Å². The first-order valence-electron chi connectivity index (χ1n) is 5.84. The Bertz CT molecular complexity index is 636. The fourth-order valence-electron chi connectivity index (χ4n) is 1.83. The summed E-state index contributed by atoms with van der Waals surface area (Å²) in [4.78, 5) is 5.06. The predicted octanol–water partition coefficient (Wildman–Crippen LogP) is 4.28. The molecule has 19 heavy (non-hydrogen) atoms. The van der Waals surface area contributed by atoms with Gasteiger partial charge in [0.1, 0.15) is 5.16 Å². The first-order chi connectivity index (χ1) is 9.34. The summed E-state index contributed by atoms with van der Waals surface area (Å²) in [5, 5.41) is 5.97. The molecule has 0 atom stereocenters. The van der Waals surface area contributed by atoms with Crippen molar-refractivity contribution < 1.29 is 0 Å². The van der Waals surface area contributed by atoms with Crippen LogP contribution in [0, 0.1) is 0 Å². The lowest BCUT2D eigenvalue weighted by atomic mass is 10.2. The number of halogens is 1. The minimum Gasteiger partial charge on any atom is -0.344 e. The van der Waals surface area contributed by atoms with E-state index < -0.39 is 0 Å². The number of hydrogen-bond donors (Lipinski definition) is 1. The van der Waals surface area contributed by atoms with Gasteiger partial charge in [-0.2, -0.15) is 0 Å². The molecule has 0 fully saturated rings. The van der Waals surface area contributed by atoms with Crippen molar-refractivity contribution in [3.8, 4) is 0 Å². The molecule has 0 aliphatic carbocycles. The van der Waals surface area contributed by atoms with Gasteiger partial charge in [-0.25, -0.2) is 0 Å². The molecule has 1 aromatic carbocycles. The van der Waals surface area contributed by atoms with Gasteiger partial charge in [-0.15, -0.1) is 0 Å². The smallest absolute Gasteiger partial charge is 0.121 e. The van der Waals surface area contributed by atoms with Crippen molar-refractivity contribution >= 4 is 34.0 Å². The zero-order chi connectivity index (χ0) is 13.1. The molecule has 0 saturated carbocycles. The van der Waals surface area contributed by atoms with E-state index in [0.717, 1.165) is 21.7 Å². The average molecular weight is 287 g/mol. The largest absolute Gasteiger partial charge is 0.344 e. The molecular formula is C15H11ClN2S. The van der Waals surface area contributed by atoms with Crippen LogP contribution in [0.5, 0.6) is 0 Å². The number of rotatable bonds is 2. The maximum atomic E-state index is 6.35. The van der Waals surface area contributed by atoms with Crippen LogP contribution in [0.4, 0.5) is 0 Å². The summed E-state index contributed by atoms with van der Waals surface area (Å²) in [6.07, 6.45) is 3.54. The quantitative estimate of drug-likeness (QED) is 0.834. The molecule has 2 aromatic rings. The van der Waals surface area contributed by atoms with E-state index in [1.54, 1.807) is 24.2 Å². The Morgan fingerprint density at radius 3 is 2.37 bits per heavy atom. The lowest BCUT2D eigenvalue weighted by molar-refractivity contribution is 1.18. The molecule has 0 unspecified atom stereocenters. The number of hydrogen-bond acceptors (Lipinski definition) is 3. The molecule has 4 heteroatoms. The number of nitrogens with zero attached hydrogens (tertiary/aromatic N) is 1. The molecule has 0 spiro atoms. The number of aromatic nitrogens is 1. The number of benzene rings is 1. The van der Waals surface area contributed by atoms with Crippen LogP contribution in [-0.4, -0.2) is 4.98 Å². The van der Waals surface area contributed by atoms with E-state index in [1.165, 1.54) is 0 Å². The summed E-state index contributed by atoms with van der Waals surface area (Å²) in [6, 6.07) is 14.0. The van der Waals surface area contributed by atoms with Gasteiger partial charge in [-0.3, -0.25) is 4.98 Å². The van der Waals surface area contributed by atoms with Crippen molar-refractivity contribution in [3.05, 3.63) is 76.5 Å². The molecule has 0 radical (unpaired) electrons. The SMILES string of the molecule is ClC1=C(c2ccccc2)SC=C(c2ccncc2)N1. The normalized spacial score (nSPS) is 14.9. The second-order valence-electron chi connectivity index (χ2n) is 4.02. The van der Waals surface area contributed by atoms with Crippen LogP contribution in [-0.2, 0) is 0 Å². The highest BCUT2D eigenvalue weighted by Crippen LogP contribution is 2.38. The molecule has 1 N–H and O–H groups in total. The van der Waals surface area contributed by atoms with Crippen LogP contribution in [0.15, 0.2) is 65.4 Å². The lowest BCUT2D eigenvalue weighted by Gasteiger charge is -2.19. The summed E-state index contributed by atoms with van der Waals surface area (Å²) >= 11 is 7.98. The van der Waals surface area contributed by atoms with Crippen LogP contribution in [0.1, 0.15) is 11.1 Å². The van der Waals surface area contributed by atoms with Crippen molar-refractivity contribution in [2.24, 2.45) is 0 Å². The highest BCUT2D eigenvalue weighted by molar-refractivity contribution is 8.11. The Labute approximate surface area is 121 Å². The zero-order valence-electron chi connectivity index (χ0n) is 10.0. The second-order valence-corrected chi connectivity index (χ2v) is 5.28. The molecule has 1 aliphatic heterocycles. The molecule has 0 amide bonds. The Hall–Kier alpha value is -1.71. The van der Waals surface area contributed by atoms with E-state index in [1.807, 2.05) is 30.3 Å². The van der Waals surface area contributed by atoms with Crippen molar-refractivity contribution in [1.29, 1.82) is 0 Å². The van der Waals surface area contributed by atoms with Crippen LogP contribution in [0.25, 0.3) is 10.6 Å². The van der Waals surface area contributed by atoms with Crippen molar-refractivity contribution in [2.75, 3.05) is 0 Å². The maximum absolute atomic E-state index is 6.35. The van der Waals surface area contributed by atoms with Gasteiger partial charge in [-0.1, -0.05) is 53.7 Å². The van der Waals surface area contributed by atoms with Crippen LogP contribution >= 0.6 is 23.4 Å². The third-order valence-electron chi connectivity index (χ3n) is 2.77. The Kier molecular flexibility index (Phi) is 3.58. The van der Waals surface area contributed by atoms with Crippen molar-refractivity contribution in [1.82, 2.24) is 10.3 Å². The molecule has 1 aliphatic rings. The third kappa shape index (κ3) is 2.67. The van der Waals surface area contributed by atoms with Crippen LogP contribution in [0.3, 0.4) is 0 Å². The molecule has 3 rings (SSSR count). The molecule has 0 saturated heterocycles. The second kappa shape index (κ2) is 5.51. The minimum atomic E-state index is 0.658. The van der Waals surface area contributed by atoms with E-state index in [2.05, 4.69) is 27.8 Å². The van der Waals surface area contributed by atoms with E-state index in [-0.39, 0.29) is 0 Å². The summed E-state index contributed by atoms with van der Waals surface area (Å²) in [7, 11) is 0. The highest BCUT2D eigenvalue weighted by atomic mass is 35.5. The molecule has 94 valence electrons. The van der Waals surface area contributed by atoms with Crippen molar-refractivity contribution in [2.45, 2.75) is 0 Å². The standard InChI is InChI=1S/C15H11ClN2S/c16-15-14(12-4-2-1-3-5-12)19-10-13(18-15)11-6-8-17-9-7-11/h1-10,18H. The summed E-state index contributed by atoms with van der Waals surface area (Å²) in [5.74, 6) is 0. The topological polar surface area (TPSA) is 24.9 Å².